The molecular formula is C17H17Cl2NO3. The van der Waals surface area contributed by atoms with Crippen LogP contribution in [-0.4, -0.2) is 19.1 Å². The summed E-state index contributed by atoms with van der Waals surface area (Å²) in [6, 6.07) is 11.9. The molecule has 0 spiro atoms. The van der Waals surface area contributed by atoms with E-state index in [1.165, 1.54) is 0 Å². The van der Waals surface area contributed by atoms with Gasteiger partial charge in [0.05, 0.1) is 17.8 Å². The van der Waals surface area contributed by atoms with Crippen molar-refractivity contribution in [3.05, 3.63) is 52.5 Å². The number of hydrogen-bond acceptors (Lipinski definition) is 3. The second-order valence-corrected chi connectivity index (χ2v) is 5.65. The zero-order chi connectivity index (χ0) is 16.8. The molecule has 0 aromatic heterocycles. The molecule has 0 aliphatic carbocycles. The zero-order valence-corrected chi connectivity index (χ0v) is 14.3. The predicted octanol–water partition coefficient (Wildman–Crippen LogP) is 4.80. The van der Waals surface area contributed by atoms with Gasteiger partial charge in [-0.1, -0.05) is 30.1 Å². The Morgan fingerprint density at radius 2 is 1.78 bits per heavy atom. The number of carbonyl (C=O) groups excluding carboxylic acids is 1. The van der Waals surface area contributed by atoms with Gasteiger partial charge in [0.15, 0.2) is 6.10 Å². The number of anilines is 1. The van der Waals surface area contributed by atoms with Gasteiger partial charge >= 0.3 is 0 Å². The molecule has 1 amide bonds. The third kappa shape index (κ3) is 4.78. The van der Waals surface area contributed by atoms with Crippen LogP contribution in [0.3, 0.4) is 0 Å². The van der Waals surface area contributed by atoms with Crippen molar-refractivity contribution in [1.29, 1.82) is 0 Å². The van der Waals surface area contributed by atoms with E-state index in [2.05, 4.69) is 5.32 Å². The van der Waals surface area contributed by atoms with E-state index in [0.29, 0.717) is 27.9 Å². The van der Waals surface area contributed by atoms with E-state index in [1.54, 1.807) is 49.6 Å². The molecule has 2 rings (SSSR count). The molecule has 0 saturated heterocycles. The Morgan fingerprint density at radius 3 is 2.39 bits per heavy atom. The van der Waals surface area contributed by atoms with E-state index in [4.69, 9.17) is 32.7 Å². The second-order valence-electron chi connectivity index (χ2n) is 4.80. The molecule has 0 aliphatic rings. The Bertz CT molecular complexity index is 674. The molecule has 6 heteroatoms. The predicted molar refractivity (Wildman–Crippen MR) is 92.8 cm³/mol. The number of halogens is 2. The lowest BCUT2D eigenvalue weighted by Crippen LogP contribution is -2.32. The summed E-state index contributed by atoms with van der Waals surface area (Å²) in [5.41, 5.74) is 0.459. The van der Waals surface area contributed by atoms with Crippen molar-refractivity contribution in [2.24, 2.45) is 0 Å². The molecule has 0 bridgehead atoms. The number of benzene rings is 2. The number of ether oxygens (including phenoxy) is 2. The van der Waals surface area contributed by atoms with E-state index < -0.39 is 6.10 Å². The van der Waals surface area contributed by atoms with Crippen molar-refractivity contribution in [2.45, 2.75) is 19.4 Å². The molecule has 1 atom stereocenters. The van der Waals surface area contributed by atoms with Gasteiger partial charge in [-0.2, -0.15) is 0 Å². The molecule has 0 saturated carbocycles. The lowest BCUT2D eigenvalue weighted by Gasteiger charge is -2.18. The maximum absolute atomic E-state index is 12.4. The van der Waals surface area contributed by atoms with Crippen molar-refractivity contribution in [3.63, 3.8) is 0 Å². The average Bonchev–Trinajstić information content (AvgIpc) is 2.56. The van der Waals surface area contributed by atoms with Gasteiger partial charge in [-0.25, -0.2) is 0 Å². The number of methoxy groups -OCH3 is 1. The third-order valence-corrected chi connectivity index (χ3v) is 3.75. The van der Waals surface area contributed by atoms with Crippen LogP contribution in [0, 0.1) is 0 Å². The molecule has 2 aromatic rings. The first-order valence-electron chi connectivity index (χ1n) is 7.10. The van der Waals surface area contributed by atoms with Crippen LogP contribution in [0.4, 0.5) is 5.69 Å². The minimum atomic E-state index is -0.640. The number of carbonyl (C=O) groups is 1. The van der Waals surface area contributed by atoms with Gasteiger partial charge in [0, 0.05) is 5.02 Å². The van der Waals surface area contributed by atoms with Crippen LogP contribution in [0.1, 0.15) is 13.3 Å². The van der Waals surface area contributed by atoms with E-state index in [1.807, 2.05) is 6.92 Å². The van der Waals surface area contributed by atoms with Crippen LogP contribution in [0.5, 0.6) is 11.5 Å². The zero-order valence-electron chi connectivity index (χ0n) is 12.8. The molecule has 0 radical (unpaired) electrons. The van der Waals surface area contributed by atoms with Gasteiger partial charge in [-0.15, -0.1) is 0 Å². The Morgan fingerprint density at radius 1 is 1.13 bits per heavy atom. The van der Waals surface area contributed by atoms with Gasteiger partial charge < -0.3 is 14.8 Å². The highest BCUT2D eigenvalue weighted by atomic mass is 35.5. The van der Waals surface area contributed by atoms with E-state index in [9.17, 15) is 4.79 Å². The fraction of sp³-hybridized carbons (Fsp3) is 0.235. The topological polar surface area (TPSA) is 47.6 Å². The summed E-state index contributed by atoms with van der Waals surface area (Å²) in [5, 5.41) is 3.65. The Kier molecular flexibility index (Phi) is 6.13. The summed E-state index contributed by atoms with van der Waals surface area (Å²) >= 11 is 12.0. The summed E-state index contributed by atoms with van der Waals surface area (Å²) in [6.45, 7) is 1.87. The number of amides is 1. The third-order valence-electron chi connectivity index (χ3n) is 3.19. The van der Waals surface area contributed by atoms with Crippen LogP contribution in [0.2, 0.25) is 10.0 Å². The highest BCUT2D eigenvalue weighted by Crippen LogP contribution is 2.26. The maximum atomic E-state index is 12.4. The Hall–Kier alpha value is -1.91. The Labute approximate surface area is 145 Å². The fourth-order valence-electron chi connectivity index (χ4n) is 1.95. The lowest BCUT2D eigenvalue weighted by molar-refractivity contribution is -0.122. The number of nitrogens with one attached hydrogen (secondary N) is 1. The monoisotopic (exact) mass is 353 g/mol. The van der Waals surface area contributed by atoms with Crippen LogP contribution >= 0.6 is 23.2 Å². The highest BCUT2D eigenvalue weighted by molar-refractivity contribution is 6.35. The van der Waals surface area contributed by atoms with Crippen molar-refractivity contribution in [3.8, 4) is 11.5 Å². The molecule has 4 nitrogen and oxygen atoms in total. The normalized spacial score (nSPS) is 11.7. The smallest absolute Gasteiger partial charge is 0.265 e. The van der Waals surface area contributed by atoms with Gasteiger partial charge in [0.2, 0.25) is 0 Å². The van der Waals surface area contributed by atoms with E-state index in [0.717, 1.165) is 5.75 Å². The summed E-state index contributed by atoms with van der Waals surface area (Å²) < 4.78 is 10.8. The maximum Gasteiger partial charge on any atom is 0.265 e. The summed E-state index contributed by atoms with van der Waals surface area (Å²) in [6.07, 6.45) is -0.130. The van der Waals surface area contributed by atoms with Gasteiger partial charge in [-0.3, -0.25) is 4.79 Å². The highest BCUT2D eigenvalue weighted by Gasteiger charge is 2.19. The average molecular weight is 354 g/mol. The van der Waals surface area contributed by atoms with Crippen molar-refractivity contribution in [1.82, 2.24) is 0 Å². The fourth-order valence-corrected chi connectivity index (χ4v) is 2.28. The van der Waals surface area contributed by atoms with Crippen LogP contribution in [-0.2, 0) is 4.79 Å². The molecule has 2 aromatic carbocycles. The summed E-state index contributed by atoms with van der Waals surface area (Å²) in [5.74, 6) is 1.03. The summed E-state index contributed by atoms with van der Waals surface area (Å²) in [4.78, 5) is 12.4. The van der Waals surface area contributed by atoms with Crippen LogP contribution in [0.15, 0.2) is 42.5 Å². The molecule has 1 N–H and O–H groups in total. The molecule has 0 fully saturated rings. The van der Waals surface area contributed by atoms with E-state index in [-0.39, 0.29) is 5.91 Å². The molecule has 23 heavy (non-hydrogen) atoms. The van der Waals surface area contributed by atoms with E-state index >= 15 is 0 Å². The van der Waals surface area contributed by atoms with Crippen LogP contribution in [0.25, 0.3) is 0 Å². The SMILES string of the molecule is CC[C@H](Oc1ccc(OC)cc1)C(=O)Nc1cc(Cl)ccc1Cl. The molecule has 0 aliphatic heterocycles. The number of rotatable bonds is 6. The standard InChI is InChI=1S/C17H17Cl2NO3/c1-3-16(23-13-7-5-12(22-2)6-8-13)17(21)20-15-10-11(18)4-9-14(15)19/h4-10,16H,3H2,1-2H3,(H,20,21)/t16-/m0/s1. The van der Waals surface area contributed by atoms with Crippen LogP contribution < -0.4 is 14.8 Å². The minimum absolute atomic E-state index is 0.285. The lowest BCUT2D eigenvalue weighted by atomic mass is 10.2. The quantitative estimate of drug-likeness (QED) is 0.811. The van der Waals surface area contributed by atoms with Gasteiger partial charge in [0.1, 0.15) is 11.5 Å². The largest absolute Gasteiger partial charge is 0.497 e. The minimum Gasteiger partial charge on any atom is -0.497 e. The first-order chi connectivity index (χ1) is 11.0. The van der Waals surface area contributed by atoms with Gasteiger partial charge in [-0.05, 0) is 48.9 Å². The second kappa shape index (κ2) is 8.09. The first kappa shape index (κ1) is 17.4. The van der Waals surface area contributed by atoms with Crippen molar-refractivity contribution >= 4 is 34.8 Å². The molecular weight excluding hydrogens is 337 g/mol. The molecule has 0 unspecified atom stereocenters. The molecule has 122 valence electrons. The van der Waals surface area contributed by atoms with Gasteiger partial charge in [0.25, 0.3) is 5.91 Å². The van der Waals surface area contributed by atoms with Crippen molar-refractivity contribution < 1.29 is 14.3 Å². The summed E-state index contributed by atoms with van der Waals surface area (Å²) in [7, 11) is 1.59. The first-order valence-corrected chi connectivity index (χ1v) is 7.85. The Balaban J connectivity index is 2.07. The number of hydrogen-bond donors (Lipinski definition) is 1. The molecule has 0 heterocycles. The van der Waals surface area contributed by atoms with Crippen molar-refractivity contribution in [2.75, 3.05) is 12.4 Å².